The molecule has 10 nitrogen and oxygen atoms in total. The number of hydrogen-bond acceptors (Lipinski definition) is 7. The maximum absolute atomic E-state index is 10.9. The summed E-state index contributed by atoms with van der Waals surface area (Å²) < 4.78 is 0. The summed E-state index contributed by atoms with van der Waals surface area (Å²) in [4.78, 5) is 43.2. The van der Waals surface area contributed by atoms with Gasteiger partial charge in [0.15, 0.2) is 0 Å². The molecule has 0 atom stereocenters. The number of nitrogens with zero attached hydrogens (tertiary/aromatic N) is 3. The highest BCUT2D eigenvalue weighted by Gasteiger charge is 2.15. The van der Waals surface area contributed by atoms with E-state index >= 15 is 0 Å². The van der Waals surface area contributed by atoms with Crippen molar-refractivity contribution < 1.29 is 10.0 Å². The Labute approximate surface area is 124 Å². The zero-order valence-corrected chi connectivity index (χ0v) is 12.4. The highest BCUT2D eigenvalue weighted by molar-refractivity contribution is 5.25. The number of nitrogens with one attached hydrogen (secondary N) is 2. The number of nitro groups is 1. The molecule has 0 fully saturated rings. The molecule has 10 heteroatoms. The molecule has 2 aromatic rings. The minimum atomic E-state index is -0.627. The third-order valence-electron chi connectivity index (χ3n) is 2.65. The largest absolute Gasteiger partial charge is 0.492 e. The average molecular weight is 309 g/mol. The maximum atomic E-state index is 10.9. The number of aryl methyl sites for hydroxylation is 4. The van der Waals surface area contributed by atoms with Gasteiger partial charge in [0.05, 0.1) is 5.69 Å². The van der Waals surface area contributed by atoms with Crippen LogP contribution in [0.1, 0.15) is 22.8 Å². The smallest absolute Gasteiger partial charge is 0.383 e. The molecule has 22 heavy (non-hydrogen) atoms. The van der Waals surface area contributed by atoms with Gasteiger partial charge in [0.1, 0.15) is 11.4 Å². The number of H-pyrrole nitrogens is 2. The predicted octanol–water partition coefficient (Wildman–Crippen LogP) is 0.387. The number of aromatic nitrogens is 4. The summed E-state index contributed by atoms with van der Waals surface area (Å²) in [5, 5.41) is 19.2. The van der Waals surface area contributed by atoms with Crippen LogP contribution < -0.4 is 11.1 Å². The van der Waals surface area contributed by atoms with Gasteiger partial charge in [0.25, 0.3) is 11.1 Å². The van der Waals surface area contributed by atoms with Gasteiger partial charge in [-0.15, -0.1) is 0 Å². The number of aromatic amines is 2. The Morgan fingerprint density at radius 3 is 1.86 bits per heavy atom. The van der Waals surface area contributed by atoms with Crippen molar-refractivity contribution in [2.45, 2.75) is 27.7 Å². The molecule has 0 aliphatic heterocycles. The molecule has 2 rings (SSSR count). The van der Waals surface area contributed by atoms with E-state index in [-0.39, 0.29) is 34.3 Å². The molecule has 0 aliphatic rings. The lowest BCUT2D eigenvalue weighted by molar-refractivity contribution is -0.390. The lowest BCUT2D eigenvalue weighted by Crippen LogP contribution is -2.15. The fraction of sp³-hybridized carbons (Fsp3) is 0.333. The summed E-state index contributed by atoms with van der Waals surface area (Å²) in [7, 11) is 0. The van der Waals surface area contributed by atoms with Crippen LogP contribution >= 0.6 is 0 Å². The van der Waals surface area contributed by atoms with Crippen molar-refractivity contribution in [3.8, 4) is 5.88 Å². The van der Waals surface area contributed by atoms with Crippen LogP contribution in [-0.2, 0) is 0 Å². The zero-order valence-electron chi connectivity index (χ0n) is 12.4. The zero-order chi connectivity index (χ0) is 17.0. The SMILES string of the molecule is Cc1[nH]c(=O)c(C)nc1O.Cc1[nH]c(=O)c(C)nc1[N+](=O)[O-]. The molecule has 0 bridgehead atoms. The molecule has 0 saturated carbocycles. The standard InChI is InChI=1S/C6H7N3O3.C6H8N2O2/c1-3-5(9(11)12)7-4(2)6(10)8-3;1-3-5(9)8-4(2)6(10)7-3/h1-2H3,(H,8,10);1-2H3,(H,7,10)(H,8,9). The number of rotatable bonds is 1. The first-order valence-electron chi connectivity index (χ1n) is 6.12. The summed E-state index contributed by atoms with van der Waals surface area (Å²) >= 11 is 0. The predicted molar refractivity (Wildman–Crippen MR) is 77.0 cm³/mol. The van der Waals surface area contributed by atoms with Crippen molar-refractivity contribution in [1.82, 2.24) is 19.9 Å². The molecular formula is C12H15N5O5. The molecule has 2 heterocycles. The van der Waals surface area contributed by atoms with Gasteiger partial charge in [0, 0.05) is 6.92 Å². The first kappa shape index (κ1) is 17.0. The lowest BCUT2D eigenvalue weighted by atomic mass is 10.4. The molecule has 0 saturated heterocycles. The van der Waals surface area contributed by atoms with Crippen molar-refractivity contribution in [3.05, 3.63) is 53.6 Å². The second-order valence-electron chi connectivity index (χ2n) is 4.46. The van der Waals surface area contributed by atoms with E-state index in [2.05, 4.69) is 19.9 Å². The van der Waals surface area contributed by atoms with Gasteiger partial charge in [-0.3, -0.25) is 9.59 Å². The monoisotopic (exact) mass is 309 g/mol. The highest BCUT2D eigenvalue weighted by Crippen LogP contribution is 2.08. The lowest BCUT2D eigenvalue weighted by Gasteiger charge is -1.96. The second-order valence-corrected chi connectivity index (χ2v) is 4.46. The molecule has 0 amide bonds. The number of hydrogen-bond donors (Lipinski definition) is 3. The van der Waals surface area contributed by atoms with E-state index < -0.39 is 10.5 Å². The summed E-state index contributed by atoms with van der Waals surface area (Å²) in [6.45, 7) is 5.98. The minimum Gasteiger partial charge on any atom is -0.492 e. The van der Waals surface area contributed by atoms with Gasteiger partial charge in [-0.2, -0.15) is 0 Å². The van der Waals surface area contributed by atoms with E-state index in [9.17, 15) is 19.7 Å². The maximum Gasteiger partial charge on any atom is 0.383 e. The quantitative estimate of drug-likeness (QED) is 0.508. The van der Waals surface area contributed by atoms with Gasteiger partial charge in [0.2, 0.25) is 11.6 Å². The van der Waals surface area contributed by atoms with Crippen molar-refractivity contribution >= 4 is 5.82 Å². The normalized spacial score (nSPS) is 9.82. The van der Waals surface area contributed by atoms with Gasteiger partial charge in [-0.05, 0) is 30.7 Å². The van der Waals surface area contributed by atoms with Crippen LogP contribution in [0, 0.1) is 37.8 Å². The van der Waals surface area contributed by atoms with E-state index in [1.165, 1.54) is 20.8 Å². The fourth-order valence-electron chi connectivity index (χ4n) is 1.40. The summed E-state index contributed by atoms with van der Waals surface area (Å²) in [6.07, 6.45) is 0. The van der Waals surface area contributed by atoms with E-state index in [0.29, 0.717) is 5.69 Å². The van der Waals surface area contributed by atoms with E-state index in [1.54, 1.807) is 6.92 Å². The molecule has 0 aromatic carbocycles. The van der Waals surface area contributed by atoms with E-state index in [4.69, 9.17) is 5.11 Å². The van der Waals surface area contributed by atoms with Crippen LogP contribution in [0.5, 0.6) is 5.88 Å². The molecule has 118 valence electrons. The number of aromatic hydroxyl groups is 1. The van der Waals surface area contributed by atoms with E-state index in [1.807, 2.05) is 0 Å². The molecular weight excluding hydrogens is 294 g/mol. The van der Waals surface area contributed by atoms with Crippen molar-refractivity contribution in [2.75, 3.05) is 0 Å². The Bertz CT molecular complexity index is 824. The summed E-state index contributed by atoms with van der Waals surface area (Å²) in [5.41, 5.74) is 0.315. The third-order valence-corrected chi connectivity index (χ3v) is 2.65. The Morgan fingerprint density at radius 1 is 0.955 bits per heavy atom. The Balaban J connectivity index is 0.000000224. The van der Waals surface area contributed by atoms with Crippen LogP contribution in [-0.4, -0.2) is 30.0 Å². The van der Waals surface area contributed by atoms with Crippen LogP contribution in [0.4, 0.5) is 5.82 Å². The van der Waals surface area contributed by atoms with Gasteiger partial charge in [-0.1, -0.05) is 0 Å². The molecule has 0 aliphatic carbocycles. The van der Waals surface area contributed by atoms with Gasteiger partial charge >= 0.3 is 5.82 Å². The first-order valence-corrected chi connectivity index (χ1v) is 6.12. The van der Waals surface area contributed by atoms with Gasteiger partial charge in [-0.25, -0.2) is 4.98 Å². The Morgan fingerprint density at radius 2 is 1.41 bits per heavy atom. The first-order chi connectivity index (χ1) is 10.1. The van der Waals surface area contributed by atoms with Crippen molar-refractivity contribution in [3.63, 3.8) is 0 Å². The second kappa shape index (κ2) is 6.61. The summed E-state index contributed by atoms with van der Waals surface area (Å²) in [5.74, 6) is -0.413. The molecule has 0 spiro atoms. The van der Waals surface area contributed by atoms with Crippen LogP contribution in [0.3, 0.4) is 0 Å². The average Bonchev–Trinajstić information content (AvgIpc) is 2.41. The molecule has 3 N–H and O–H groups in total. The van der Waals surface area contributed by atoms with Crippen molar-refractivity contribution in [1.29, 1.82) is 0 Å². The minimum absolute atomic E-state index is 0.104. The third kappa shape index (κ3) is 3.98. The Kier molecular flexibility index (Phi) is 5.11. The topological polar surface area (TPSA) is 155 Å². The summed E-state index contributed by atoms with van der Waals surface area (Å²) in [6, 6.07) is 0. The van der Waals surface area contributed by atoms with Crippen LogP contribution in [0.25, 0.3) is 0 Å². The molecule has 0 radical (unpaired) electrons. The highest BCUT2D eigenvalue weighted by atomic mass is 16.6. The van der Waals surface area contributed by atoms with Crippen LogP contribution in [0.2, 0.25) is 0 Å². The Hall–Kier alpha value is -3.04. The molecule has 2 aromatic heterocycles. The van der Waals surface area contributed by atoms with Crippen molar-refractivity contribution in [2.24, 2.45) is 0 Å². The van der Waals surface area contributed by atoms with Crippen LogP contribution in [0.15, 0.2) is 9.59 Å². The van der Waals surface area contributed by atoms with Gasteiger partial charge < -0.3 is 25.2 Å². The fourth-order valence-corrected chi connectivity index (χ4v) is 1.40. The molecule has 0 unspecified atom stereocenters. The van der Waals surface area contributed by atoms with E-state index in [0.717, 1.165) is 0 Å².